The predicted octanol–water partition coefficient (Wildman–Crippen LogP) is 2.61. The molecule has 0 radical (unpaired) electrons. The largest absolute Gasteiger partial charge is 0.464 e. The van der Waals surface area contributed by atoms with Gasteiger partial charge in [0.25, 0.3) is 0 Å². The third kappa shape index (κ3) is 3.56. The smallest absolute Gasteiger partial charge is 0.217 e. The lowest BCUT2D eigenvalue weighted by Gasteiger charge is -2.15. The van der Waals surface area contributed by atoms with Crippen molar-refractivity contribution in [2.24, 2.45) is 0 Å². The van der Waals surface area contributed by atoms with Crippen molar-refractivity contribution in [2.45, 2.75) is 13.0 Å². The number of ether oxygens (including phenoxy) is 2. The van der Waals surface area contributed by atoms with Crippen molar-refractivity contribution in [2.75, 3.05) is 13.7 Å². The van der Waals surface area contributed by atoms with Crippen LogP contribution in [-0.4, -0.2) is 23.7 Å². The molecule has 102 valence electrons. The molecule has 0 aliphatic rings. The van der Waals surface area contributed by atoms with Crippen LogP contribution in [0.15, 0.2) is 42.7 Å². The highest BCUT2D eigenvalue weighted by atomic mass is 16.5. The van der Waals surface area contributed by atoms with Crippen molar-refractivity contribution in [3.8, 4) is 17.7 Å². The van der Waals surface area contributed by atoms with Gasteiger partial charge in [0.05, 0.1) is 5.69 Å². The molecule has 0 N–H and O–H groups in total. The fourth-order valence-electron chi connectivity index (χ4n) is 1.81. The molecule has 0 amide bonds. The lowest BCUT2D eigenvalue weighted by molar-refractivity contribution is 0.132. The zero-order chi connectivity index (χ0) is 14.2. The van der Waals surface area contributed by atoms with E-state index >= 15 is 0 Å². The molecule has 0 saturated carbocycles. The fourth-order valence-corrected chi connectivity index (χ4v) is 1.81. The zero-order valence-electron chi connectivity index (χ0n) is 11.5. The second-order valence-corrected chi connectivity index (χ2v) is 4.02. The third-order valence-corrected chi connectivity index (χ3v) is 2.74. The number of benzene rings is 1. The summed E-state index contributed by atoms with van der Waals surface area (Å²) < 4.78 is 11.0. The van der Waals surface area contributed by atoms with E-state index in [0.29, 0.717) is 12.5 Å². The molecular formula is C16H16N2O2. The summed E-state index contributed by atoms with van der Waals surface area (Å²) in [5.41, 5.74) is 1.79. The van der Waals surface area contributed by atoms with E-state index in [1.807, 2.05) is 30.3 Å². The monoisotopic (exact) mass is 268 g/mol. The van der Waals surface area contributed by atoms with E-state index < -0.39 is 0 Å². The quantitative estimate of drug-likeness (QED) is 0.782. The summed E-state index contributed by atoms with van der Waals surface area (Å²) in [5, 5.41) is 0. The molecule has 0 saturated heterocycles. The van der Waals surface area contributed by atoms with E-state index in [4.69, 9.17) is 9.47 Å². The van der Waals surface area contributed by atoms with Crippen molar-refractivity contribution >= 4 is 0 Å². The molecule has 2 aromatic rings. The average molecular weight is 268 g/mol. The Labute approximate surface area is 118 Å². The third-order valence-electron chi connectivity index (χ3n) is 2.74. The Bertz CT molecular complexity index is 603. The van der Waals surface area contributed by atoms with Gasteiger partial charge in [-0.05, 0) is 12.5 Å². The summed E-state index contributed by atoms with van der Waals surface area (Å²) in [7, 11) is 1.66. The number of hydrogen-bond acceptors (Lipinski definition) is 4. The molecule has 1 heterocycles. The first-order chi connectivity index (χ1) is 9.85. The molecule has 4 nitrogen and oxygen atoms in total. The standard InChI is InChI=1S/C16H16N2O2/c1-3-4-10-20-15-11-14(17-12-18-15)16(19-2)13-8-6-5-7-9-13/h5-9,11-12,16H,10H2,1-2H3. The van der Waals surface area contributed by atoms with Gasteiger partial charge in [-0.25, -0.2) is 9.97 Å². The topological polar surface area (TPSA) is 44.2 Å². The first kappa shape index (κ1) is 14.0. The predicted molar refractivity (Wildman–Crippen MR) is 76.3 cm³/mol. The van der Waals surface area contributed by atoms with E-state index in [2.05, 4.69) is 21.8 Å². The van der Waals surface area contributed by atoms with Crippen LogP contribution < -0.4 is 4.74 Å². The molecule has 1 aromatic carbocycles. The van der Waals surface area contributed by atoms with E-state index in [1.165, 1.54) is 6.33 Å². The van der Waals surface area contributed by atoms with Crippen molar-refractivity contribution in [1.82, 2.24) is 9.97 Å². The van der Waals surface area contributed by atoms with Crippen LogP contribution in [0.4, 0.5) is 0 Å². The van der Waals surface area contributed by atoms with Crippen LogP contribution >= 0.6 is 0 Å². The molecule has 4 heteroatoms. The van der Waals surface area contributed by atoms with Gasteiger partial charge in [-0.3, -0.25) is 0 Å². The van der Waals surface area contributed by atoms with Gasteiger partial charge in [0.2, 0.25) is 5.88 Å². The van der Waals surface area contributed by atoms with E-state index in [9.17, 15) is 0 Å². The number of rotatable bonds is 5. The van der Waals surface area contributed by atoms with Gasteiger partial charge in [-0.1, -0.05) is 36.3 Å². The molecule has 0 aliphatic heterocycles. The normalized spacial score (nSPS) is 11.3. The molecular weight excluding hydrogens is 252 g/mol. The SMILES string of the molecule is CC#CCOc1cc(C(OC)c2ccccc2)ncn1. The summed E-state index contributed by atoms with van der Waals surface area (Å²) >= 11 is 0. The van der Waals surface area contributed by atoms with Crippen LogP contribution in [0, 0.1) is 11.8 Å². The Morgan fingerprint density at radius 3 is 2.70 bits per heavy atom. The summed E-state index contributed by atoms with van der Waals surface area (Å²) in [5.74, 6) is 6.09. The summed E-state index contributed by atoms with van der Waals surface area (Å²) in [4.78, 5) is 8.33. The lowest BCUT2D eigenvalue weighted by atomic mass is 10.1. The van der Waals surface area contributed by atoms with Crippen LogP contribution in [0.25, 0.3) is 0 Å². The zero-order valence-corrected chi connectivity index (χ0v) is 11.5. The number of nitrogens with zero attached hydrogens (tertiary/aromatic N) is 2. The van der Waals surface area contributed by atoms with E-state index in [1.54, 1.807) is 20.1 Å². The first-order valence-electron chi connectivity index (χ1n) is 6.27. The van der Waals surface area contributed by atoms with Crippen LogP contribution in [-0.2, 0) is 4.74 Å². The number of methoxy groups -OCH3 is 1. The molecule has 20 heavy (non-hydrogen) atoms. The Morgan fingerprint density at radius 2 is 2.00 bits per heavy atom. The fraction of sp³-hybridized carbons (Fsp3) is 0.250. The molecule has 0 fully saturated rings. The van der Waals surface area contributed by atoms with Crippen molar-refractivity contribution in [1.29, 1.82) is 0 Å². The van der Waals surface area contributed by atoms with Gasteiger partial charge in [0.15, 0.2) is 6.61 Å². The van der Waals surface area contributed by atoms with Gasteiger partial charge in [-0.15, -0.1) is 5.92 Å². The van der Waals surface area contributed by atoms with Gasteiger partial charge in [-0.2, -0.15) is 0 Å². The summed E-state index contributed by atoms with van der Waals surface area (Å²) in [6.07, 6.45) is 1.23. The van der Waals surface area contributed by atoms with Crippen LogP contribution in [0.2, 0.25) is 0 Å². The van der Waals surface area contributed by atoms with Crippen LogP contribution in [0.5, 0.6) is 5.88 Å². The van der Waals surface area contributed by atoms with E-state index in [0.717, 1.165) is 11.3 Å². The van der Waals surface area contributed by atoms with Crippen LogP contribution in [0.3, 0.4) is 0 Å². The summed E-state index contributed by atoms with van der Waals surface area (Å²) in [6, 6.07) is 11.7. The first-order valence-corrected chi connectivity index (χ1v) is 6.27. The molecule has 2 rings (SSSR count). The van der Waals surface area contributed by atoms with Crippen LogP contribution in [0.1, 0.15) is 24.3 Å². The van der Waals surface area contributed by atoms with E-state index in [-0.39, 0.29) is 6.10 Å². The van der Waals surface area contributed by atoms with Crippen molar-refractivity contribution in [3.63, 3.8) is 0 Å². The molecule has 0 aliphatic carbocycles. The molecule has 0 spiro atoms. The molecule has 1 aromatic heterocycles. The minimum absolute atomic E-state index is 0.237. The minimum atomic E-state index is -0.237. The highest BCUT2D eigenvalue weighted by Crippen LogP contribution is 2.24. The summed E-state index contributed by atoms with van der Waals surface area (Å²) in [6.45, 7) is 2.08. The Balaban J connectivity index is 2.21. The Morgan fingerprint density at radius 1 is 1.20 bits per heavy atom. The maximum absolute atomic E-state index is 5.53. The number of hydrogen-bond donors (Lipinski definition) is 0. The average Bonchev–Trinajstić information content (AvgIpc) is 2.50. The van der Waals surface area contributed by atoms with Crippen molar-refractivity contribution < 1.29 is 9.47 Å². The Hall–Kier alpha value is -2.38. The molecule has 1 unspecified atom stereocenters. The Kier molecular flexibility index (Phi) is 5.10. The van der Waals surface area contributed by atoms with Crippen molar-refractivity contribution in [3.05, 3.63) is 54.0 Å². The van der Waals surface area contributed by atoms with Gasteiger partial charge >= 0.3 is 0 Å². The highest BCUT2D eigenvalue weighted by Gasteiger charge is 2.15. The van der Waals surface area contributed by atoms with Gasteiger partial charge < -0.3 is 9.47 Å². The van der Waals surface area contributed by atoms with Gasteiger partial charge in [0.1, 0.15) is 12.4 Å². The van der Waals surface area contributed by atoms with Gasteiger partial charge in [0, 0.05) is 13.2 Å². The molecule has 1 atom stereocenters. The highest BCUT2D eigenvalue weighted by molar-refractivity contribution is 5.27. The lowest BCUT2D eigenvalue weighted by Crippen LogP contribution is -2.07. The second kappa shape index (κ2) is 7.27. The molecule has 0 bridgehead atoms. The number of aromatic nitrogens is 2. The maximum Gasteiger partial charge on any atom is 0.217 e. The minimum Gasteiger partial charge on any atom is -0.464 e. The maximum atomic E-state index is 5.53. The second-order valence-electron chi connectivity index (χ2n) is 4.02.